The molecule has 2 rings (SSSR count). The Morgan fingerprint density at radius 3 is 2.54 bits per heavy atom. The van der Waals surface area contributed by atoms with Gasteiger partial charge >= 0.3 is 11.8 Å². The molecule has 6 nitrogen and oxygen atoms in total. The van der Waals surface area contributed by atoms with Crippen molar-refractivity contribution in [3.63, 3.8) is 0 Å². The molecule has 0 unspecified atom stereocenters. The number of nitrogens with one attached hydrogen (secondary N) is 3. The molecule has 26 heavy (non-hydrogen) atoms. The van der Waals surface area contributed by atoms with Crippen LogP contribution >= 0.6 is 0 Å². The second kappa shape index (κ2) is 9.75. The van der Waals surface area contributed by atoms with Crippen LogP contribution in [0.1, 0.15) is 56.3 Å². The molecular weight excluding hydrogens is 330 g/mol. The molecule has 0 spiro atoms. The minimum atomic E-state index is -0.771. The van der Waals surface area contributed by atoms with Gasteiger partial charge in [0.15, 0.2) is 0 Å². The molecule has 140 valence electrons. The van der Waals surface area contributed by atoms with Crippen molar-refractivity contribution >= 4 is 23.4 Å². The standard InChI is InChI=1S/C20H27N3O3/c1-14(2)22-18(24)16-10-6-7-11-17(16)23-20(26)19(25)21-13-12-15-8-4-3-5-9-15/h6-8,10-11,14H,3-5,9,12-13H2,1-2H3,(H,21,25)(H,22,24)(H,23,26). The number of hydrogen-bond acceptors (Lipinski definition) is 3. The normalized spacial score (nSPS) is 13.7. The van der Waals surface area contributed by atoms with Crippen molar-refractivity contribution in [1.82, 2.24) is 10.6 Å². The Hall–Kier alpha value is -2.63. The van der Waals surface area contributed by atoms with Gasteiger partial charge in [-0.1, -0.05) is 23.8 Å². The van der Waals surface area contributed by atoms with Crippen LogP contribution in [0, 0.1) is 0 Å². The number of rotatable bonds is 6. The summed E-state index contributed by atoms with van der Waals surface area (Å²) < 4.78 is 0. The van der Waals surface area contributed by atoms with Crippen molar-refractivity contribution in [3.05, 3.63) is 41.5 Å². The van der Waals surface area contributed by atoms with Crippen molar-refractivity contribution in [2.24, 2.45) is 0 Å². The van der Waals surface area contributed by atoms with Crippen molar-refractivity contribution in [2.45, 2.75) is 52.0 Å². The summed E-state index contributed by atoms with van der Waals surface area (Å²) in [5, 5.41) is 7.94. The molecule has 0 aliphatic heterocycles. The lowest BCUT2D eigenvalue weighted by Crippen LogP contribution is -2.37. The van der Waals surface area contributed by atoms with Crippen molar-refractivity contribution in [3.8, 4) is 0 Å². The summed E-state index contributed by atoms with van der Waals surface area (Å²) >= 11 is 0. The molecule has 0 saturated carbocycles. The number of amides is 3. The summed E-state index contributed by atoms with van der Waals surface area (Å²) in [5.41, 5.74) is 1.99. The van der Waals surface area contributed by atoms with E-state index in [1.807, 2.05) is 13.8 Å². The molecule has 1 aromatic rings. The first-order valence-electron chi connectivity index (χ1n) is 9.14. The Morgan fingerprint density at radius 1 is 1.08 bits per heavy atom. The molecule has 0 heterocycles. The van der Waals surface area contributed by atoms with Gasteiger partial charge in [0.1, 0.15) is 0 Å². The fourth-order valence-corrected chi connectivity index (χ4v) is 2.86. The minimum Gasteiger partial charge on any atom is -0.350 e. The predicted octanol–water partition coefficient (Wildman–Crippen LogP) is 2.77. The van der Waals surface area contributed by atoms with Crippen molar-refractivity contribution in [2.75, 3.05) is 11.9 Å². The lowest BCUT2D eigenvalue weighted by atomic mass is 9.97. The lowest BCUT2D eigenvalue weighted by molar-refractivity contribution is -0.136. The van der Waals surface area contributed by atoms with E-state index in [9.17, 15) is 14.4 Å². The maximum atomic E-state index is 12.2. The van der Waals surface area contributed by atoms with Crippen LogP contribution in [0.25, 0.3) is 0 Å². The van der Waals surface area contributed by atoms with E-state index in [4.69, 9.17) is 0 Å². The van der Waals surface area contributed by atoms with Crippen LogP contribution in [-0.4, -0.2) is 30.3 Å². The first kappa shape index (κ1) is 19.7. The first-order chi connectivity index (χ1) is 12.5. The highest BCUT2D eigenvalue weighted by atomic mass is 16.2. The van der Waals surface area contributed by atoms with E-state index in [1.54, 1.807) is 24.3 Å². The fraction of sp³-hybridized carbons (Fsp3) is 0.450. The monoisotopic (exact) mass is 357 g/mol. The topological polar surface area (TPSA) is 87.3 Å². The lowest BCUT2D eigenvalue weighted by Gasteiger charge is -2.14. The molecule has 0 radical (unpaired) electrons. The highest BCUT2D eigenvalue weighted by Crippen LogP contribution is 2.19. The van der Waals surface area contributed by atoms with Crippen molar-refractivity contribution in [1.29, 1.82) is 0 Å². The van der Waals surface area contributed by atoms with Gasteiger partial charge in [-0.25, -0.2) is 0 Å². The van der Waals surface area contributed by atoms with Gasteiger partial charge in [-0.3, -0.25) is 14.4 Å². The molecule has 1 aromatic carbocycles. The number of carbonyl (C=O) groups excluding carboxylic acids is 3. The minimum absolute atomic E-state index is 0.0244. The molecule has 0 bridgehead atoms. The zero-order valence-corrected chi connectivity index (χ0v) is 15.4. The number of para-hydroxylation sites is 1. The molecule has 0 fully saturated rings. The van der Waals surface area contributed by atoms with Crippen LogP contribution in [0.3, 0.4) is 0 Å². The van der Waals surface area contributed by atoms with Crippen LogP contribution in [0.4, 0.5) is 5.69 Å². The third kappa shape index (κ3) is 6.02. The number of anilines is 1. The van der Waals surface area contributed by atoms with Gasteiger partial charge in [-0.2, -0.15) is 0 Å². The molecule has 0 aromatic heterocycles. The Labute approximate surface area is 154 Å². The molecule has 3 amide bonds. The third-order valence-electron chi connectivity index (χ3n) is 4.16. The summed E-state index contributed by atoms with van der Waals surface area (Å²) in [6.45, 7) is 4.15. The Bertz CT molecular complexity index is 695. The molecule has 0 atom stereocenters. The van der Waals surface area contributed by atoms with Gasteiger partial charge in [0.25, 0.3) is 5.91 Å². The van der Waals surface area contributed by atoms with Crippen LogP contribution < -0.4 is 16.0 Å². The van der Waals surface area contributed by atoms with Gasteiger partial charge in [-0.05, 0) is 58.1 Å². The van der Waals surface area contributed by atoms with Crippen LogP contribution in [0.5, 0.6) is 0 Å². The van der Waals surface area contributed by atoms with E-state index in [0.29, 0.717) is 17.8 Å². The zero-order chi connectivity index (χ0) is 18.9. The average molecular weight is 357 g/mol. The summed E-state index contributed by atoms with van der Waals surface area (Å²) in [4.78, 5) is 36.3. The van der Waals surface area contributed by atoms with E-state index in [0.717, 1.165) is 19.3 Å². The molecule has 1 aliphatic rings. The maximum absolute atomic E-state index is 12.2. The Balaban J connectivity index is 1.89. The van der Waals surface area contributed by atoms with Gasteiger partial charge in [0, 0.05) is 12.6 Å². The Morgan fingerprint density at radius 2 is 1.85 bits per heavy atom. The zero-order valence-electron chi connectivity index (χ0n) is 15.4. The van der Waals surface area contributed by atoms with E-state index in [1.165, 1.54) is 18.4 Å². The average Bonchev–Trinajstić information content (AvgIpc) is 2.62. The number of allylic oxidation sites excluding steroid dienone is 1. The quantitative estimate of drug-likeness (QED) is 0.540. The molecule has 0 saturated heterocycles. The van der Waals surface area contributed by atoms with E-state index in [-0.39, 0.29) is 11.9 Å². The van der Waals surface area contributed by atoms with Crippen LogP contribution in [0.15, 0.2) is 35.9 Å². The van der Waals surface area contributed by atoms with Gasteiger partial charge in [0.05, 0.1) is 11.3 Å². The highest BCUT2D eigenvalue weighted by Gasteiger charge is 2.18. The van der Waals surface area contributed by atoms with Crippen molar-refractivity contribution < 1.29 is 14.4 Å². The van der Waals surface area contributed by atoms with Gasteiger partial charge in [0.2, 0.25) is 0 Å². The van der Waals surface area contributed by atoms with E-state index in [2.05, 4.69) is 22.0 Å². The largest absolute Gasteiger partial charge is 0.350 e. The number of hydrogen-bond donors (Lipinski definition) is 3. The summed E-state index contributed by atoms with van der Waals surface area (Å²) in [7, 11) is 0. The molecular formula is C20H27N3O3. The summed E-state index contributed by atoms with van der Waals surface area (Å²) in [5.74, 6) is -1.76. The smallest absolute Gasteiger partial charge is 0.313 e. The molecule has 1 aliphatic carbocycles. The fourth-order valence-electron chi connectivity index (χ4n) is 2.86. The first-order valence-corrected chi connectivity index (χ1v) is 9.14. The van der Waals surface area contributed by atoms with Gasteiger partial charge < -0.3 is 16.0 Å². The highest BCUT2D eigenvalue weighted by molar-refractivity contribution is 6.40. The molecule has 3 N–H and O–H groups in total. The van der Waals surface area contributed by atoms with Gasteiger partial charge in [-0.15, -0.1) is 0 Å². The number of benzene rings is 1. The summed E-state index contributed by atoms with van der Waals surface area (Å²) in [6.07, 6.45) is 7.57. The number of carbonyl (C=O) groups is 3. The summed E-state index contributed by atoms with van der Waals surface area (Å²) in [6, 6.07) is 6.61. The van der Waals surface area contributed by atoms with E-state index < -0.39 is 11.8 Å². The maximum Gasteiger partial charge on any atom is 0.313 e. The molecule has 6 heteroatoms. The SMILES string of the molecule is CC(C)NC(=O)c1ccccc1NC(=O)C(=O)NCCC1=CCCCC1. The van der Waals surface area contributed by atoms with Crippen LogP contribution in [-0.2, 0) is 9.59 Å². The Kier molecular flexibility index (Phi) is 7.38. The van der Waals surface area contributed by atoms with E-state index >= 15 is 0 Å². The second-order valence-electron chi connectivity index (χ2n) is 6.74. The second-order valence-corrected chi connectivity index (χ2v) is 6.74. The van der Waals surface area contributed by atoms with Crippen LogP contribution in [0.2, 0.25) is 0 Å². The predicted molar refractivity (Wildman–Crippen MR) is 102 cm³/mol. The third-order valence-corrected chi connectivity index (χ3v) is 4.16.